The van der Waals surface area contributed by atoms with Crippen LogP contribution in [-0.4, -0.2) is 5.11 Å². The second kappa shape index (κ2) is 6.55. The third-order valence-corrected chi connectivity index (χ3v) is 3.26. The van der Waals surface area contributed by atoms with Crippen LogP contribution in [0.3, 0.4) is 0 Å². The third-order valence-electron chi connectivity index (χ3n) is 2.76. The summed E-state index contributed by atoms with van der Waals surface area (Å²) in [4.78, 5) is 0. The number of nitrogens with one attached hydrogen (secondary N) is 2. The lowest BCUT2D eigenvalue weighted by molar-refractivity contribution is 0.926. The van der Waals surface area contributed by atoms with E-state index >= 15 is 0 Å². The zero-order chi connectivity index (χ0) is 13.7. The summed E-state index contributed by atoms with van der Waals surface area (Å²) in [5, 5.41) is 7.71. The van der Waals surface area contributed by atoms with Gasteiger partial charge in [0, 0.05) is 17.3 Å². The average Bonchev–Trinajstić information content (AvgIpc) is 2.41. The largest absolute Gasteiger partial charge is 0.358 e. The number of hydrogen-bond donors (Lipinski definition) is 2. The monoisotopic (exact) mass is 290 g/mol. The second-order valence-corrected chi connectivity index (χ2v) is 5.09. The van der Waals surface area contributed by atoms with Crippen LogP contribution in [0.25, 0.3) is 0 Å². The van der Waals surface area contributed by atoms with E-state index in [2.05, 4.69) is 10.6 Å². The van der Waals surface area contributed by atoms with Gasteiger partial charge in [-0.3, -0.25) is 0 Å². The number of halogens is 1. The van der Waals surface area contributed by atoms with E-state index in [0.29, 0.717) is 11.7 Å². The van der Waals surface area contributed by atoms with Gasteiger partial charge in [0.15, 0.2) is 5.11 Å². The molecule has 0 atom stereocenters. The van der Waals surface area contributed by atoms with Gasteiger partial charge in [0.1, 0.15) is 0 Å². The van der Waals surface area contributed by atoms with Crippen molar-refractivity contribution in [1.29, 1.82) is 0 Å². The highest BCUT2D eigenvalue weighted by atomic mass is 35.5. The molecule has 0 heterocycles. The van der Waals surface area contributed by atoms with Crippen molar-refractivity contribution in [3.8, 4) is 0 Å². The summed E-state index contributed by atoms with van der Waals surface area (Å²) < 4.78 is 0. The molecule has 0 spiro atoms. The first-order valence-electron chi connectivity index (χ1n) is 6.00. The Morgan fingerprint density at radius 3 is 2.47 bits per heavy atom. The summed E-state index contributed by atoms with van der Waals surface area (Å²) in [5.41, 5.74) is 3.33. The molecule has 0 aliphatic rings. The molecule has 0 saturated carbocycles. The predicted octanol–water partition coefficient (Wildman–Crippen LogP) is 4.14. The fourth-order valence-electron chi connectivity index (χ4n) is 1.66. The maximum Gasteiger partial charge on any atom is 0.171 e. The Bertz CT molecular complexity index is 567. The van der Waals surface area contributed by atoms with Gasteiger partial charge in [-0.2, -0.15) is 0 Å². The number of benzene rings is 2. The SMILES string of the molecule is Cc1ccccc1NC(=S)NCc1ccc(Cl)cc1. The Morgan fingerprint density at radius 2 is 1.79 bits per heavy atom. The van der Waals surface area contributed by atoms with Crippen LogP contribution in [0.4, 0.5) is 5.69 Å². The van der Waals surface area contributed by atoms with E-state index in [0.717, 1.165) is 21.8 Å². The van der Waals surface area contributed by atoms with Crippen molar-refractivity contribution in [2.24, 2.45) is 0 Å². The Hall–Kier alpha value is -1.58. The van der Waals surface area contributed by atoms with Gasteiger partial charge in [-0.1, -0.05) is 41.9 Å². The summed E-state index contributed by atoms with van der Waals surface area (Å²) >= 11 is 11.1. The number of para-hydroxylation sites is 1. The Morgan fingerprint density at radius 1 is 1.11 bits per heavy atom. The molecule has 0 saturated heterocycles. The third kappa shape index (κ3) is 4.23. The van der Waals surface area contributed by atoms with Crippen molar-refractivity contribution < 1.29 is 0 Å². The molecule has 19 heavy (non-hydrogen) atoms. The minimum Gasteiger partial charge on any atom is -0.358 e. The van der Waals surface area contributed by atoms with Gasteiger partial charge >= 0.3 is 0 Å². The van der Waals surface area contributed by atoms with Crippen molar-refractivity contribution in [3.63, 3.8) is 0 Å². The molecule has 0 radical (unpaired) electrons. The van der Waals surface area contributed by atoms with Crippen molar-refractivity contribution in [1.82, 2.24) is 5.32 Å². The van der Waals surface area contributed by atoms with E-state index in [1.165, 1.54) is 0 Å². The quantitative estimate of drug-likeness (QED) is 0.831. The molecule has 0 amide bonds. The smallest absolute Gasteiger partial charge is 0.171 e. The van der Waals surface area contributed by atoms with Crippen molar-refractivity contribution >= 4 is 34.6 Å². The number of aryl methyl sites for hydroxylation is 1. The van der Waals surface area contributed by atoms with E-state index in [4.69, 9.17) is 23.8 Å². The lowest BCUT2D eigenvalue weighted by Gasteiger charge is -2.12. The van der Waals surface area contributed by atoms with Gasteiger partial charge in [-0.05, 0) is 48.5 Å². The molecule has 0 aliphatic heterocycles. The average molecular weight is 291 g/mol. The molecule has 4 heteroatoms. The number of rotatable bonds is 3. The summed E-state index contributed by atoms with van der Waals surface area (Å²) in [7, 11) is 0. The van der Waals surface area contributed by atoms with Crippen molar-refractivity contribution in [3.05, 3.63) is 64.7 Å². The maximum absolute atomic E-state index is 5.84. The second-order valence-electron chi connectivity index (χ2n) is 4.25. The molecule has 2 nitrogen and oxygen atoms in total. The van der Waals surface area contributed by atoms with Crippen molar-refractivity contribution in [2.45, 2.75) is 13.5 Å². The standard InChI is InChI=1S/C15H15ClN2S/c1-11-4-2-3-5-14(11)18-15(19)17-10-12-6-8-13(16)9-7-12/h2-9H,10H2,1H3,(H2,17,18,19). The van der Waals surface area contributed by atoms with Crippen LogP contribution < -0.4 is 10.6 Å². The number of anilines is 1. The van der Waals surface area contributed by atoms with Crippen LogP contribution in [0.2, 0.25) is 5.02 Å². The van der Waals surface area contributed by atoms with Gasteiger partial charge in [0.25, 0.3) is 0 Å². The first kappa shape index (κ1) is 13.8. The lowest BCUT2D eigenvalue weighted by atomic mass is 10.2. The molecule has 0 unspecified atom stereocenters. The van der Waals surface area contributed by atoms with Crippen LogP contribution in [0.15, 0.2) is 48.5 Å². The number of hydrogen-bond acceptors (Lipinski definition) is 1. The molecule has 2 aromatic rings. The molecule has 2 N–H and O–H groups in total. The molecule has 98 valence electrons. The van der Waals surface area contributed by atoms with E-state index in [9.17, 15) is 0 Å². The highest BCUT2D eigenvalue weighted by molar-refractivity contribution is 7.80. The molecule has 0 bridgehead atoms. The Balaban J connectivity index is 1.88. The molecular formula is C15H15ClN2S. The molecule has 2 rings (SSSR count). The topological polar surface area (TPSA) is 24.1 Å². The highest BCUT2D eigenvalue weighted by Crippen LogP contribution is 2.13. The molecule has 0 aliphatic carbocycles. The van der Waals surface area contributed by atoms with Crippen LogP contribution in [0, 0.1) is 6.92 Å². The fraction of sp³-hybridized carbons (Fsp3) is 0.133. The first-order valence-corrected chi connectivity index (χ1v) is 6.79. The lowest BCUT2D eigenvalue weighted by Crippen LogP contribution is -2.28. The molecule has 0 fully saturated rings. The summed E-state index contributed by atoms with van der Waals surface area (Å²) in [5.74, 6) is 0. The van der Waals surface area contributed by atoms with Crippen LogP contribution in [-0.2, 0) is 6.54 Å². The van der Waals surface area contributed by atoms with E-state index in [1.807, 2.05) is 55.5 Å². The number of thiocarbonyl (C=S) groups is 1. The zero-order valence-electron chi connectivity index (χ0n) is 10.6. The summed E-state index contributed by atoms with van der Waals surface area (Å²) in [6, 6.07) is 15.7. The van der Waals surface area contributed by atoms with Crippen LogP contribution in [0.5, 0.6) is 0 Å². The summed E-state index contributed by atoms with van der Waals surface area (Å²) in [6.07, 6.45) is 0. The maximum atomic E-state index is 5.84. The van der Waals surface area contributed by atoms with Crippen LogP contribution >= 0.6 is 23.8 Å². The van der Waals surface area contributed by atoms with Gasteiger partial charge in [0.2, 0.25) is 0 Å². The van der Waals surface area contributed by atoms with E-state index in [-0.39, 0.29) is 0 Å². The highest BCUT2D eigenvalue weighted by Gasteiger charge is 2.00. The van der Waals surface area contributed by atoms with E-state index in [1.54, 1.807) is 0 Å². The Kier molecular flexibility index (Phi) is 4.77. The van der Waals surface area contributed by atoms with Gasteiger partial charge in [0.05, 0.1) is 0 Å². The first-order chi connectivity index (χ1) is 9.15. The summed E-state index contributed by atoms with van der Waals surface area (Å²) in [6.45, 7) is 2.72. The molecular weight excluding hydrogens is 276 g/mol. The predicted molar refractivity (Wildman–Crippen MR) is 85.7 cm³/mol. The zero-order valence-corrected chi connectivity index (χ0v) is 12.2. The molecule has 0 aromatic heterocycles. The fourth-order valence-corrected chi connectivity index (χ4v) is 1.97. The van der Waals surface area contributed by atoms with Crippen LogP contribution in [0.1, 0.15) is 11.1 Å². The Labute approximate surface area is 123 Å². The minimum atomic E-state index is 0.615. The van der Waals surface area contributed by atoms with Gasteiger partial charge in [-0.15, -0.1) is 0 Å². The minimum absolute atomic E-state index is 0.615. The molecule has 2 aromatic carbocycles. The van der Waals surface area contributed by atoms with Crippen molar-refractivity contribution in [2.75, 3.05) is 5.32 Å². The van der Waals surface area contributed by atoms with Gasteiger partial charge < -0.3 is 10.6 Å². The van der Waals surface area contributed by atoms with E-state index < -0.39 is 0 Å². The normalized spacial score (nSPS) is 10.0. The van der Waals surface area contributed by atoms with Gasteiger partial charge in [-0.25, -0.2) is 0 Å².